The molecule has 1 heterocycles. The maximum absolute atomic E-state index is 14.3. The normalized spacial score (nSPS) is 20.9. The van der Waals surface area contributed by atoms with E-state index < -0.39 is 12.0 Å². The molecule has 6 nitrogen and oxygen atoms in total. The largest absolute Gasteiger partial charge is 0.277 e. The van der Waals surface area contributed by atoms with Crippen LogP contribution in [0.1, 0.15) is 45.1 Å². The van der Waals surface area contributed by atoms with Gasteiger partial charge in [-0.15, -0.1) is 0 Å². The molecule has 2 atom stereocenters. The third-order valence-electron chi connectivity index (χ3n) is 4.92. The van der Waals surface area contributed by atoms with Crippen LogP contribution in [0.15, 0.2) is 40.3 Å². The number of hydrogen-bond acceptors (Lipinski definition) is 5. The van der Waals surface area contributed by atoms with Gasteiger partial charge in [-0.1, -0.05) is 30.3 Å². The lowest BCUT2D eigenvalue weighted by Gasteiger charge is -2.33. The van der Waals surface area contributed by atoms with Crippen molar-refractivity contribution < 1.29 is 9.18 Å². The number of halogens is 1. The Morgan fingerprint density at radius 1 is 1.33 bits per heavy atom. The maximum Gasteiger partial charge on any atom is 0.225 e. The molecule has 1 saturated carbocycles. The molecule has 146 valence electrons. The molecular formula is C20H28FN5O. The first kappa shape index (κ1) is 19.5. The van der Waals surface area contributed by atoms with Gasteiger partial charge in [-0.3, -0.25) is 15.5 Å². The molecule has 0 aromatic heterocycles. The van der Waals surface area contributed by atoms with Crippen LogP contribution < -0.4 is 10.7 Å². The lowest BCUT2D eigenvalue weighted by molar-refractivity contribution is -0.113. The molecule has 1 aliphatic heterocycles. The highest BCUT2D eigenvalue weighted by molar-refractivity contribution is 5.96. The van der Waals surface area contributed by atoms with E-state index in [1.54, 1.807) is 0 Å². The van der Waals surface area contributed by atoms with Crippen molar-refractivity contribution in [3.63, 3.8) is 0 Å². The number of carbonyl (C=O) groups excluding carboxylic acids is 1. The van der Waals surface area contributed by atoms with E-state index in [4.69, 9.17) is 0 Å². The summed E-state index contributed by atoms with van der Waals surface area (Å²) in [6.07, 6.45) is 6.91. The van der Waals surface area contributed by atoms with Crippen molar-refractivity contribution >= 4 is 18.6 Å². The van der Waals surface area contributed by atoms with Gasteiger partial charge in [0.2, 0.25) is 6.41 Å². The fraction of sp³-hybridized carbons (Fsp3) is 0.550. The number of amidine groups is 1. The van der Waals surface area contributed by atoms with E-state index in [2.05, 4.69) is 45.0 Å². The lowest BCUT2D eigenvalue weighted by atomic mass is 10.0. The molecule has 1 amide bonds. The van der Waals surface area contributed by atoms with Crippen molar-refractivity contribution in [1.82, 2.24) is 15.8 Å². The van der Waals surface area contributed by atoms with Crippen LogP contribution in [0.25, 0.3) is 0 Å². The summed E-state index contributed by atoms with van der Waals surface area (Å²) in [6.45, 7) is 2.86. The minimum atomic E-state index is -1.63. The number of aryl methyl sites for hydroxylation is 1. The van der Waals surface area contributed by atoms with Gasteiger partial charge in [-0.05, 0) is 57.4 Å². The highest BCUT2D eigenvalue weighted by Gasteiger charge is 2.35. The van der Waals surface area contributed by atoms with Crippen molar-refractivity contribution in [2.75, 3.05) is 0 Å². The number of nitrogens with zero attached hydrogens (tertiary/aromatic N) is 3. The molecule has 0 bridgehead atoms. The maximum atomic E-state index is 14.3. The van der Waals surface area contributed by atoms with Crippen LogP contribution in [0.4, 0.5) is 4.39 Å². The number of hydrogen-bond donors (Lipinski definition) is 2. The molecule has 2 aliphatic rings. The zero-order chi connectivity index (χ0) is 19.3. The number of nitrogens with one attached hydrogen (secondary N) is 2. The summed E-state index contributed by atoms with van der Waals surface area (Å²) in [4.78, 5) is 19.3. The first-order valence-corrected chi connectivity index (χ1v) is 9.57. The highest BCUT2D eigenvalue weighted by atomic mass is 19.1. The molecule has 2 unspecified atom stereocenters. The molecule has 1 aliphatic carbocycles. The van der Waals surface area contributed by atoms with E-state index in [-0.39, 0.29) is 11.9 Å². The van der Waals surface area contributed by atoms with Gasteiger partial charge >= 0.3 is 0 Å². The standard InChI is InChI=1S/C20H28FN5O/c1-20(2,21)18-22-13-26(23-14-27)19(25-18)24-17(16-11-12-16)10-6-9-15-7-4-3-5-8-15/h3-5,7-8,13-14,16-17,19,24H,6,9-12H2,1-2H3,(H,23,27). The average Bonchev–Trinajstić information content (AvgIpc) is 3.47. The second-order valence-electron chi connectivity index (χ2n) is 7.69. The van der Waals surface area contributed by atoms with E-state index in [0.717, 1.165) is 19.3 Å². The SMILES string of the molecule is CC(C)(F)C1=NC(NC(CCCc2ccccc2)C2CC2)N(NC=O)C=N1. The second-order valence-corrected chi connectivity index (χ2v) is 7.69. The molecule has 0 radical (unpaired) electrons. The Morgan fingerprint density at radius 2 is 2.07 bits per heavy atom. The summed E-state index contributed by atoms with van der Waals surface area (Å²) in [7, 11) is 0. The third-order valence-corrected chi connectivity index (χ3v) is 4.92. The van der Waals surface area contributed by atoms with Crippen LogP contribution in [0.5, 0.6) is 0 Å². The lowest BCUT2D eigenvalue weighted by Crippen LogP contribution is -2.56. The van der Waals surface area contributed by atoms with Crippen molar-refractivity contribution in [3.8, 4) is 0 Å². The minimum Gasteiger partial charge on any atom is -0.277 e. The van der Waals surface area contributed by atoms with E-state index in [1.807, 2.05) is 6.07 Å². The van der Waals surface area contributed by atoms with Crippen molar-refractivity contribution in [3.05, 3.63) is 35.9 Å². The zero-order valence-electron chi connectivity index (χ0n) is 15.9. The fourth-order valence-corrected chi connectivity index (χ4v) is 3.30. The van der Waals surface area contributed by atoms with E-state index in [1.165, 1.54) is 43.6 Å². The van der Waals surface area contributed by atoms with Gasteiger partial charge in [0, 0.05) is 6.04 Å². The van der Waals surface area contributed by atoms with Crippen molar-refractivity contribution in [2.24, 2.45) is 15.9 Å². The first-order chi connectivity index (χ1) is 13.0. The van der Waals surface area contributed by atoms with E-state index in [0.29, 0.717) is 12.3 Å². The number of alkyl halides is 1. The Hall–Kier alpha value is -2.28. The Bertz CT molecular complexity index is 681. The fourth-order valence-electron chi connectivity index (χ4n) is 3.30. The monoisotopic (exact) mass is 373 g/mol. The third kappa shape index (κ3) is 5.60. The van der Waals surface area contributed by atoms with Gasteiger partial charge in [-0.25, -0.2) is 19.4 Å². The summed E-state index contributed by atoms with van der Waals surface area (Å²) in [6, 6.07) is 10.7. The van der Waals surface area contributed by atoms with Gasteiger partial charge in [0.25, 0.3) is 0 Å². The topological polar surface area (TPSA) is 69.1 Å². The summed E-state index contributed by atoms with van der Waals surface area (Å²) in [5.41, 5.74) is 2.27. The predicted octanol–water partition coefficient (Wildman–Crippen LogP) is 2.81. The Kier molecular flexibility index (Phi) is 6.21. The van der Waals surface area contributed by atoms with Gasteiger partial charge < -0.3 is 0 Å². The Morgan fingerprint density at radius 3 is 2.70 bits per heavy atom. The minimum absolute atomic E-state index is 0.128. The number of hydrazine groups is 1. The average molecular weight is 373 g/mol. The smallest absolute Gasteiger partial charge is 0.225 e. The van der Waals surface area contributed by atoms with Crippen LogP contribution in [-0.2, 0) is 11.2 Å². The van der Waals surface area contributed by atoms with Crippen LogP contribution in [-0.4, -0.2) is 41.6 Å². The number of rotatable bonds is 10. The van der Waals surface area contributed by atoms with Gasteiger partial charge in [-0.2, -0.15) is 0 Å². The van der Waals surface area contributed by atoms with Crippen molar-refractivity contribution in [2.45, 2.75) is 64.0 Å². The molecule has 0 saturated heterocycles. The zero-order valence-corrected chi connectivity index (χ0v) is 15.9. The number of benzene rings is 1. The molecule has 7 heteroatoms. The van der Waals surface area contributed by atoms with Crippen LogP contribution in [0, 0.1) is 5.92 Å². The second kappa shape index (κ2) is 8.61. The summed E-state index contributed by atoms with van der Waals surface area (Å²) >= 11 is 0. The van der Waals surface area contributed by atoms with Gasteiger partial charge in [0.1, 0.15) is 6.34 Å². The molecule has 1 fully saturated rings. The van der Waals surface area contributed by atoms with Gasteiger partial charge in [0.15, 0.2) is 17.8 Å². The molecule has 1 aromatic carbocycles. The Labute approximate surface area is 159 Å². The number of carbonyl (C=O) groups is 1. The summed E-state index contributed by atoms with van der Waals surface area (Å²) < 4.78 is 14.3. The molecule has 27 heavy (non-hydrogen) atoms. The van der Waals surface area contributed by atoms with Gasteiger partial charge in [0.05, 0.1) is 0 Å². The first-order valence-electron chi connectivity index (χ1n) is 9.57. The number of aliphatic imine (C=N–C) groups is 2. The summed E-state index contributed by atoms with van der Waals surface area (Å²) in [5.74, 6) is 0.734. The molecule has 1 aromatic rings. The van der Waals surface area contributed by atoms with Crippen LogP contribution in [0.2, 0.25) is 0 Å². The molecule has 2 N–H and O–H groups in total. The van der Waals surface area contributed by atoms with Crippen LogP contribution >= 0.6 is 0 Å². The highest BCUT2D eigenvalue weighted by Crippen LogP contribution is 2.35. The number of amides is 1. The molecule has 0 spiro atoms. The van der Waals surface area contributed by atoms with Crippen LogP contribution in [0.3, 0.4) is 0 Å². The molecular weight excluding hydrogens is 345 g/mol. The van der Waals surface area contributed by atoms with Crippen molar-refractivity contribution in [1.29, 1.82) is 0 Å². The summed E-state index contributed by atoms with van der Waals surface area (Å²) in [5, 5.41) is 4.98. The quantitative estimate of drug-likeness (QED) is 0.620. The van der Waals surface area contributed by atoms with E-state index in [9.17, 15) is 9.18 Å². The Balaban J connectivity index is 1.63. The predicted molar refractivity (Wildman–Crippen MR) is 105 cm³/mol. The van der Waals surface area contributed by atoms with E-state index >= 15 is 0 Å². The molecule has 3 rings (SSSR count).